The van der Waals surface area contributed by atoms with E-state index in [1.54, 1.807) is 0 Å². The van der Waals surface area contributed by atoms with Crippen LogP contribution in [0.4, 0.5) is 0 Å². The highest BCUT2D eigenvalue weighted by molar-refractivity contribution is 5.77. The molecule has 1 fully saturated rings. The smallest absolute Gasteiger partial charge is 0.246 e. The average molecular weight is 214 g/mol. The number of nitrogens with one attached hydrogen (secondary N) is 1. The second-order valence-corrected chi connectivity index (χ2v) is 4.64. The van der Waals surface area contributed by atoms with Gasteiger partial charge in [-0.05, 0) is 24.2 Å². The lowest BCUT2D eigenvalue weighted by Gasteiger charge is -2.19. The van der Waals surface area contributed by atoms with Crippen molar-refractivity contribution in [1.82, 2.24) is 5.32 Å². The van der Waals surface area contributed by atoms with Crippen molar-refractivity contribution < 1.29 is 9.53 Å². The summed E-state index contributed by atoms with van der Waals surface area (Å²) in [4.78, 5) is 11.3. The van der Waals surface area contributed by atoms with Crippen molar-refractivity contribution in [2.45, 2.75) is 26.7 Å². The average Bonchev–Trinajstić information content (AvgIpc) is 2.96. The normalized spacial score (nSPS) is 17.9. The molecule has 0 saturated heterocycles. The van der Waals surface area contributed by atoms with Gasteiger partial charge in [0.2, 0.25) is 5.91 Å². The van der Waals surface area contributed by atoms with Crippen molar-refractivity contribution >= 4 is 5.91 Å². The molecule has 1 aliphatic rings. The third-order valence-electron chi connectivity index (χ3n) is 3.25. The molecule has 3 N–H and O–H groups in total. The monoisotopic (exact) mass is 214 g/mol. The Hall–Kier alpha value is -0.610. The molecule has 1 saturated carbocycles. The second-order valence-electron chi connectivity index (χ2n) is 4.64. The molecule has 88 valence electrons. The molecule has 0 bridgehead atoms. The highest BCUT2D eigenvalue weighted by Crippen LogP contribution is 2.51. The number of rotatable bonds is 7. The molecule has 0 aromatic rings. The number of ether oxygens (including phenoxy) is 1. The van der Waals surface area contributed by atoms with Gasteiger partial charge in [-0.3, -0.25) is 4.79 Å². The van der Waals surface area contributed by atoms with E-state index in [0.717, 1.165) is 6.54 Å². The zero-order chi connectivity index (χ0) is 11.3. The minimum Gasteiger partial charge on any atom is -0.370 e. The van der Waals surface area contributed by atoms with Crippen LogP contribution >= 0.6 is 0 Å². The van der Waals surface area contributed by atoms with Crippen LogP contribution in [-0.2, 0) is 9.53 Å². The second kappa shape index (κ2) is 5.47. The van der Waals surface area contributed by atoms with Crippen LogP contribution in [0.5, 0.6) is 0 Å². The van der Waals surface area contributed by atoms with Crippen LogP contribution < -0.4 is 11.1 Å². The Morgan fingerprint density at radius 3 is 2.67 bits per heavy atom. The van der Waals surface area contributed by atoms with Crippen molar-refractivity contribution in [2.24, 2.45) is 17.1 Å². The summed E-state index contributed by atoms with van der Waals surface area (Å²) in [5, 5.41) is 2.92. The summed E-state index contributed by atoms with van der Waals surface area (Å²) in [5.41, 5.74) is 5.62. The van der Waals surface area contributed by atoms with E-state index >= 15 is 0 Å². The molecule has 4 nitrogen and oxygen atoms in total. The van der Waals surface area contributed by atoms with Gasteiger partial charge >= 0.3 is 0 Å². The van der Waals surface area contributed by atoms with Crippen LogP contribution in [-0.4, -0.2) is 32.2 Å². The molecule has 0 aliphatic heterocycles. The minimum absolute atomic E-state index is 0.0321. The Morgan fingerprint density at radius 2 is 2.20 bits per heavy atom. The fourth-order valence-electron chi connectivity index (χ4n) is 1.69. The Labute approximate surface area is 91.5 Å². The topological polar surface area (TPSA) is 64.3 Å². The maximum absolute atomic E-state index is 11.3. The van der Waals surface area contributed by atoms with E-state index in [4.69, 9.17) is 10.5 Å². The predicted molar refractivity (Wildman–Crippen MR) is 59.4 cm³/mol. The predicted octanol–water partition coefficient (Wildman–Crippen LogP) is 0.514. The van der Waals surface area contributed by atoms with Crippen molar-refractivity contribution in [3.63, 3.8) is 0 Å². The van der Waals surface area contributed by atoms with E-state index < -0.39 is 0 Å². The number of carbonyl (C=O) groups is 1. The molecule has 0 aromatic carbocycles. The van der Waals surface area contributed by atoms with E-state index in [1.165, 1.54) is 12.8 Å². The molecule has 0 heterocycles. The fraction of sp³-hybridized carbons (Fsp3) is 0.909. The number of carbonyl (C=O) groups excluding carboxylic acids is 1. The highest BCUT2D eigenvalue weighted by Gasteiger charge is 2.45. The van der Waals surface area contributed by atoms with Crippen LogP contribution in [0, 0.1) is 11.3 Å². The summed E-state index contributed by atoms with van der Waals surface area (Å²) < 4.78 is 5.05. The zero-order valence-electron chi connectivity index (χ0n) is 9.71. The Morgan fingerprint density at radius 1 is 1.53 bits per heavy atom. The zero-order valence-corrected chi connectivity index (χ0v) is 9.71. The Balaban J connectivity index is 2.12. The van der Waals surface area contributed by atoms with Gasteiger partial charge in [0.1, 0.15) is 6.61 Å². The summed E-state index contributed by atoms with van der Waals surface area (Å²) in [6, 6.07) is 0. The summed E-state index contributed by atoms with van der Waals surface area (Å²) in [6.45, 7) is 6.25. The highest BCUT2D eigenvalue weighted by atomic mass is 16.5. The standard InChI is InChI=1S/C11H22N2O2/c1-9(2)11(3-4-11)8-13-10(14)7-15-6-5-12/h9H,3-8,12H2,1-2H3,(H,13,14). The lowest BCUT2D eigenvalue weighted by atomic mass is 9.92. The van der Waals surface area contributed by atoms with Crippen LogP contribution in [0.15, 0.2) is 0 Å². The SMILES string of the molecule is CC(C)C1(CNC(=O)COCCN)CC1. The lowest BCUT2D eigenvalue weighted by Crippen LogP contribution is -2.35. The van der Waals surface area contributed by atoms with Gasteiger partial charge in [0.15, 0.2) is 0 Å². The van der Waals surface area contributed by atoms with Gasteiger partial charge in [-0.15, -0.1) is 0 Å². The lowest BCUT2D eigenvalue weighted by molar-refractivity contribution is -0.125. The summed E-state index contributed by atoms with van der Waals surface area (Å²) in [5.74, 6) is 0.609. The number of hydrogen-bond acceptors (Lipinski definition) is 3. The number of nitrogens with two attached hydrogens (primary N) is 1. The molecule has 0 spiro atoms. The Bertz CT molecular complexity index is 213. The van der Waals surface area contributed by atoms with E-state index in [0.29, 0.717) is 24.5 Å². The molecule has 4 heteroatoms. The van der Waals surface area contributed by atoms with Crippen LogP contribution in [0.1, 0.15) is 26.7 Å². The molecule has 0 aromatic heterocycles. The van der Waals surface area contributed by atoms with Crippen LogP contribution in [0.2, 0.25) is 0 Å². The van der Waals surface area contributed by atoms with E-state index in [1.807, 2.05) is 0 Å². The van der Waals surface area contributed by atoms with Crippen molar-refractivity contribution in [2.75, 3.05) is 26.3 Å². The third-order valence-corrected chi connectivity index (χ3v) is 3.25. The molecular formula is C11H22N2O2. The van der Waals surface area contributed by atoms with Crippen LogP contribution in [0.3, 0.4) is 0 Å². The molecule has 1 aliphatic carbocycles. The summed E-state index contributed by atoms with van der Waals surface area (Å²) >= 11 is 0. The van der Waals surface area contributed by atoms with Gasteiger partial charge in [-0.1, -0.05) is 13.8 Å². The number of amides is 1. The van der Waals surface area contributed by atoms with Gasteiger partial charge in [0.05, 0.1) is 6.61 Å². The molecule has 1 rings (SSSR count). The van der Waals surface area contributed by atoms with E-state index in [2.05, 4.69) is 19.2 Å². The van der Waals surface area contributed by atoms with Gasteiger partial charge in [-0.25, -0.2) is 0 Å². The first kappa shape index (κ1) is 12.5. The molecule has 15 heavy (non-hydrogen) atoms. The number of hydrogen-bond donors (Lipinski definition) is 2. The maximum Gasteiger partial charge on any atom is 0.246 e. The Kier molecular flexibility index (Phi) is 4.54. The first-order valence-electron chi connectivity index (χ1n) is 5.65. The van der Waals surface area contributed by atoms with Gasteiger partial charge < -0.3 is 15.8 Å². The van der Waals surface area contributed by atoms with E-state index in [-0.39, 0.29) is 12.5 Å². The van der Waals surface area contributed by atoms with Crippen LogP contribution in [0.25, 0.3) is 0 Å². The quantitative estimate of drug-likeness (QED) is 0.607. The summed E-state index contributed by atoms with van der Waals surface area (Å²) in [7, 11) is 0. The van der Waals surface area contributed by atoms with Crippen molar-refractivity contribution in [3.05, 3.63) is 0 Å². The third kappa shape index (κ3) is 3.80. The fourth-order valence-corrected chi connectivity index (χ4v) is 1.69. The summed E-state index contributed by atoms with van der Waals surface area (Å²) in [6.07, 6.45) is 2.46. The molecule has 0 unspecified atom stereocenters. The first-order chi connectivity index (χ1) is 7.10. The molecule has 0 atom stereocenters. The molecule has 0 radical (unpaired) electrons. The minimum atomic E-state index is -0.0321. The maximum atomic E-state index is 11.3. The van der Waals surface area contributed by atoms with Gasteiger partial charge in [-0.2, -0.15) is 0 Å². The van der Waals surface area contributed by atoms with Gasteiger partial charge in [0, 0.05) is 13.1 Å². The molecule has 1 amide bonds. The first-order valence-corrected chi connectivity index (χ1v) is 5.65. The molecular weight excluding hydrogens is 192 g/mol. The van der Waals surface area contributed by atoms with E-state index in [9.17, 15) is 4.79 Å². The largest absolute Gasteiger partial charge is 0.370 e. The van der Waals surface area contributed by atoms with Gasteiger partial charge in [0.25, 0.3) is 0 Å². The van der Waals surface area contributed by atoms with Crippen molar-refractivity contribution in [1.29, 1.82) is 0 Å². The van der Waals surface area contributed by atoms with Crippen molar-refractivity contribution in [3.8, 4) is 0 Å².